The van der Waals surface area contributed by atoms with E-state index in [4.69, 9.17) is 27.9 Å². The maximum atomic E-state index is 12.0. The Morgan fingerprint density at radius 1 is 1.26 bits per heavy atom. The van der Waals surface area contributed by atoms with Crippen LogP contribution in [0.3, 0.4) is 0 Å². The van der Waals surface area contributed by atoms with Crippen LogP contribution in [0, 0.1) is 0 Å². The van der Waals surface area contributed by atoms with Gasteiger partial charge in [-0.25, -0.2) is 0 Å². The minimum absolute atomic E-state index is 0. The number of carbonyl (C=O) groups excluding carboxylic acids is 1. The molecule has 0 saturated carbocycles. The van der Waals surface area contributed by atoms with Gasteiger partial charge in [0.05, 0.1) is 18.1 Å². The van der Waals surface area contributed by atoms with E-state index in [1.807, 2.05) is 0 Å². The Balaban J connectivity index is 0.00000192. The van der Waals surface area contributed by atoms with E-state index in [1.165, 1.54) is 12.8 Å². The number of rotatable bonds is 5. The summed E-state index contributed by atoms with van der Waals surface area (Å²) in [6.45, 7) is 0.311. The number of hydrogen-bond donors (Lipinski definition) is 2. The normalized spacial score (nSPS) is 25.6. The smallest absolute Gasteiger partial charge is 0.223 e. The molecule has 0 spiro atoms. The van der Waals surface area contributed by atoms with Crippen LogP contribution in [0.25, 0.3) is 0 Å². The van der Waals surface area contributed by atoms with Crippen molar-refractivity contribution in [1.82, 2.24) is 10.6 Å². The van der Waals surface area contributed by atoms with Crippen LogP contribution in [0.5, 0.6) is 5.75 Å². The summed E-state index contributed by atoms with van der Waals surface area (Å²) in [7, 11) is 0. The van der Waals surface area contributed by atoms with Gasteiger partial charge >= 0.3 is 0 Å². The third-order valence-electron chi connectivity index (χ3n) is 4.32. The van der Waals surface area contributed by atoms with Crippen molar-refractivity contribution in [3.63, 3.8) is 0 Å². The predicted octanol–water partition coefficient (Wildman–Crippen LogP) is 3.58. The van der Waals surface area contributed by atoms with Gasteiger partial charge in [0.15, 0.2) is 0 Å². The average Bonchev–Trinajstić information content (AvgIpc) is 2.80. The number of benzene rings is 1. The molecular weight excluding hydrogens is 359 g/mol. The maximum absolute atomic E-state index is 12.0. The quantitative estimate of drug-likeness (QED) is 0.822. The highest BCUT2D eigenvalue weighted by Gasteiger charge is 2.33. The number of halogens is 3. The monoisotopic (exact) mass is 378 g/mol. The Morgan fingerprint density at radius 2 is 1.96 bits per heavy atom. The molecule has 23 heavy (non-hydrogen) atoms. The van der Waals surface area contributed by atoms with Crippen molar-refractivity contribution in [3.05, 3.63) is 28.2 Å². The van der Waals surface area contributed by atoms with Gasteiger partial charge in [0.25, 0.3) is 0 Å². The van der Waals surface area contributed by atoms with Crippen LogP contribution in [0.2, 0.25) is 10.0 Å². The molecule has 2 aliphatic rings. The molecule has 2 atom stereocenters. The van der Waals surface area contributed by atoms with Gasteiger partial charge < -0.3 is 15.4 Å². The van der Waals surface area contributed by atoms with Gasteiger partial charge in [-0.1, -0.05) is 23.2 Å². The largest absolute Gasteiger partial charge is 0.491 e. The van der Waals surface area contributed by atoms with Crippen molar-refractivity contribution in [1.29, 1.82) is 0 Å². The molecule has 2 bridgehead atoms. The van der Waals surface area contributed by atoms with Crippen LogP contribution in [0.1, 0.15) is 32.1 Å². The Labute approximate surface area is 152 Å². The number of piperidine rings is 1. The van der Waals surface area contributed by atoms with Crippen LogP contribution in [-0.2, 0) is 4.79 Å². The lowest BCUT2D eigenvalue weighted by atomic mass is 10.00. The van der Waals surface area contributed by atoms with Gasteiger partial charge in [0, 0.05) is 23.1 Å². The zero-order chi connectivity index (χ0) is 15.5. The molecule has 0 radical (unpaired) electrons. The first-order chi connectivity index (χ1) is 10.6. The van der Waals surface area contributed by atoms with Gasteiger partial charge in [-0.2, -0.15) is 0 Å². The van der Waals surface area contributed by atoms with E-state index in [0.29, 0.717) is 46.9 Å². The second kappa shape index (κ2) is 8.43. The molecule has 2 saturated heterocycles. The van der Waals surface area contributed by atoms with E-state index in [0.717, 1.165) is 12.8 Å². The van der Waals surface area contributed by atoms with E-state index in [2.05, 4.69) is 10.6 Å². The highest BCUT2D eigenvalue weighted by molar-refractivity contribution is 6.35. The molecule has 1 amide bonds. The highest BCUT2D eigenvalue weighted by Crippen LogP contribution is 2.28. The van der Waals surface area contributed by atoms with Crippen LogP contribution >= 0.6 is 35.6 Å². The molecule has 7 heteroatoms. The molecule has 1 aromatic rings. The number of ether oxygens (including phenoxy) is 1. The lowest BCUT2D eigenvalue weighted by molar-refractivity contribution is -0.122. The fraction of sp³-hybridized carbons (Fsp3) is 0.562. The van der Waals surface area contributed by atoms with Crippen molar-refractivity contribution in [2.45, 2.75) is 50.2 Å². The molecule has 0 aliphatic carbocycles. The number of hydrogen-bond acceptors (Lipinski definition) is 3. The van der Waals surface area contributed by atoms with Crippen molar-refractivity contribution < 1.29 is 9.53 Å². The number of fused-ring (bicyclic) bond motifs is 2. The molecule has 128 valence electrons. The summed E-state index contributed by atoms with van der Waals surface area (Å²) in [4.78, 5) is 12.0. The van der Waals surface area contributed by atoms with Crippen molar-refractivity contribution >= 4 is 41.5 Å². The Hall–Kier alpha value is -0.680. The summed E-state index contributed by atoms with van der Waals surface area (Å²) in [5.74, 6) is 0.593. The van der Waals surface area contributed by atoms with E-state index >= 15 is 0 Å². The third-order valence-corrected chi connectivity index (χ3v) is 4.85. The molecule has 2 unspecified atom stereocenters. The SMILES string of the molecule is Cl.O=C(CCOc1ccc(Cl)cc1Cl)NC1CC2CCC(C1)N2. The summed E-state index contributed by atoms with van der Waals surface area (Å²) < 4.78 is 5.54. The van der Waals surface area contributed by atoms with Gasteiger partial charge in [0.1, 0.15) is 5.75 Å². The molecular formula is C16H21Cl3N2O2. The second-order valence-electron chi connectivity index (χ2n) is 6.05. The molecule has 2 heterocycles. The van der Waals surface area contributed by atoms with Gasteiger partial charge in [-0.05, 0) is 43.9 Å². The first kappa shape index (κ1) is 18.7. The lowest BCUT2D eigenvalue weighted by Gasteiger charge is -2.29. The first-order valence-electron chi connectivity index (χ1n) is 7.73. The highest BCUT2D eigenvalue weighted by atomic mass is 35.5. The first-order valence-corrected chi connectivity index (χ1v) is 8.49. The topological polar surface area (TPSA) is 50.4 Å². The molecule has 0 aromatic heterocycles. The molecule has 1 aromatic carbocycles. The van der Waals surface area contributed by atoms with Crippen molar-refractivity contribution in [2.75, 3.05) is 6.61 Å². The lowest BCUT2D eigenvalue weighted by Crippen LogP contribution is -2.48. The molecule has 2 N–H and O–H groups in total. The summed E-state index contributed by atoms with van der Waals surface area (Å²) in [6, 6.07) is 6.51. The third kappa shape index (κ3) is 5.15. The minimum Gasteiger partial charge on any atom is -0.491 e. The standard InChI is InChI=1S/C16H20Cl2N2O2.ClH/c17-10-1-4-15(14(18)7-10)22-6-5-16(21)20-13-8-11-2-3-12(9-13)19-11;/h1,4,7,11-13,19H,2-3,5-6,8-9H2,(H,20,21);1H. The fourth-order valence-electron chi connectivity index (χ4n) is 3.32. The molecule has 4 nitrogen and oxygen atoms in total. The summed E-state index contributed by atoms with van der Waals surface area (Å²) in [5, 5.41) is 7.71. The molecule has 2 fully saturated rings. The summed E-state index contributed by atoms with van der Waals surface area (Å²) in [5.41, 5.74) is 0. The number of amides is 1. The van der Waals surface area contributed by atoms with Crippen LogP contribution < -0.4 is 15.4 Å². The number of carbonyl (C=O) groups is 1. The summed E-state index contributed by atoms with van der Waals surface area (Å²) >= 11 is 11.9. The van der Waals surface area contributed by atoms with E-state index in [9.17, 15) is 4.79 Å². The Kier molecular flexibility index (Phi) is 6.84. The predicted molar refractivity (Wildman–Crippen MR) is 94.9 cm³/mol. The Morgan fingerprint density at radius 3 is 2.61 bits per heavy atom. The van der Waals surface area contributed by atoms with Crippen molar-refractivity contribution in [3.8, 4) is 5.75 Å². The van der Waals surface area contributed by atoms with Gasteiger partial charge in [0.2, 0.25) is 5.91 Å². The summed E-state index contributed by atoms with van der Waals surface area (Å²) in [6.07, 6.45) is 4.86. The molecule has 2 aliphatic heterocycles. The van der Waals surface area contributed by atoms with Crippen LogP contribution in [-0.4, -0.2) is 30.6 Å². The zero-order valence-corrected chi connectivity index (χ0v) is 15.0. The Bertz CT molecular complexity index is 544. The molecule has 3 rings (SSSR count). The van der Waals surface area contributed by atoms with E-state index < -0.39 is 0 Å². The maximum Gasteiger partial charge on any atom is 0.223 e. The van der Waals surface area contributed by atoms with Gasteiger partial charge in [-0.15, -0.1) is 12.4 Å². The van der Waals surface area contributed by atoms with Crippen LogP contribution in [0.4, 0.5) is 0 Å². The van der Waals surface area contributed by atoms with Crippen molar-refractivity contribution in [2.24, 2.45) is 0 Å². The second-order valence-corrected chi connectivity index (χ2v) is 6.89. The number of nitrogens with one attached hydrogen (secondary N) is 2. The average molecular weight is 380 g/mol. The van der Waals surface area contributed by atoms with E-state index in [1.54, 1.807) is 18.2 Å². The zero-order valence-electron chi connectivity index (χ0n) is 12.7. The van der Waals surface area contributed by atoms with E-state index in [-0.39, 0.29) is 18.3 Å². The fourth-order valence-corrected chi connectivity index (χ4v) is 3.78. The van der Waals surface area contributed by atoms with Crippen LogP contribution in [0.15, 0.2) is 18.2 Å². The van der Waals surface area contributed by atoms with Gasteiger partial charge in [-0.3, -0.25) is 4.79 Å². The minimum atomic E-state index is 0.